The number of amides is 1. The van der Waals surface area contributed by atoms with Crippen molar-refractivity contribution < 1.29 is 4.79 Å². The molecule has 1 N–H and O–H groups in total. The zero-order valence-corrected chi connectivity index (χ0v) is 14.1. The van der Waals surface area contributed by atoms with Gasteiger partial charge >= 0.3 is 0 Å². The molecule has 0 saturated heterocycles. The van der Waals surface area contributed by atoms with Gasteiger partial charge in [-0.2, -0.15) is 0 Å². The van der Waals surface area contributed by atoms with Crippen LogP contribution in [-0.4, -0.2) is 10.9 Å². The summed E-state index contributed by atoms with van der Waals surface area (Å²) in [7, 11) is 0. The molecule has 1 amide bonds. The first-order valence-electron chi connectivity index (χ1n) is 7.71. The normalized spacial score (nSPS) is 22.9. The molecule has 116 valence electrons. The highest BCUT2D eigenvalue weighted by atomic mass is 35.5. The van der Waals surface area contributed by atoms with Crippen molar-refractivity contribution >= 4 is 23.2 Å². The largest absolute Gasteiger partial charge is 0.323 e. The number of aromatic nitrogens is 1. The fourth-order valence-electron chi connectivity index (χ4n) is 3.12. The lowest BCUT2D eigenvalue weighted by molar-refractivity contribution is -0.121. The van der Waals surface area contributed by atoms with E-state index < -0.39 is 0 Å². The van der Waals surface area contributed by atoms with Crippen LogP contribution in [-0.2, 0) is 4.79 Å². The molecule has 1 saturated carbocycles. The predicted octanol–water partition coefficient (Wildman–Crippen LogP) is 4.83. The van der Waals surface area contributed by atoms with Crippen LogP contribution in [0.1, 0.15) is 52.0 Å². The molecule has 1 aliphatic carbocycles. The number of hydrogen-bond acceptors (Lipinski definition) is 2. The van der Waals surface area contributed by atoms with Crippen molar-refractivity contribution in [1.82, 2.24) is 4.98 Å². The van der Waals surface area contributed by atoms with Crippen molar-refractivity contribution in [2.24, 2.45) is 17.3 Å². The molecule has 0 spiro atoms. The number of aryl methyl sites for hydroxylation is 1. The lowest BCUT2D eigenvalue weighted by atomic mass is 9.69. The van der Waals surface area contributed by atoms with Crippen LogP contribution in [0.4, 0.5) is 5.69 Å². The molecule has 1 aromatic heterocycles. The minimum Gasteiger partial charge on any atom is -0.323 e. The Morgan fingerprint density at radius 3 is 2.43 bits per heavy atom. The topological polar surface area (TPSA) is 42.0 Å². The number of rotatable bonds is 2. The van der Waals surface area contributed by atoms with Gasteiger partial charge in [0.2, 0.25) is 5.91 Å². The number of nitrogens with zero attached hydrogens (tertiary/aromatic N) is 1. The third kappa shape index (κ3) is 3.97. The summed E-state index contributed by atoms with van der Waals surface area (Å²) >= 11 is 6.07. The maximum atomic E-state index is 12.4. The number of hydrogen-bond donors (Lipinski definition) is 1. The molecule has 3 nitrogen and oxygen atoms in total. The van der Waals surface area contributed by atoms with Gasteiger partial charge < -0.3 is 5.32 Å². The molecule has 1 fully saturated rings. The Hall–Kier alpha value is -1.09. The molecule has 0 bridgehead atoms. The molecule has 4 heteroatoms. The first-order chi connectivity index (χ1) is 9.79. The second-order valence-corrected chi connectivity index (χ2v) is 7.56. The van der Waals surface area contributed by atoms with E-state index in [2.05, 4.69) is 31.1 Å². The Bertz CT molecular complexity index is 494. The molecular weight excluding hydrogens is 284 g/mol. The molecule has 0 atom stereocenters. The van der Waals surface area contributed by atoms with Gasteiger partial charge in [0.1, 0.15) is 0 Å². The summed E-state index contributed by atoms with van der Waals surface area (Å²) in [6.45, 7) is 8.80. The molecule has 1 aromatic rings. The van der Waals surface area contributed by atoms with Crippen LogP contribution < -0.4 is 5.32 Å². The van der Waals surface area contributed by atoms with E-state index in [0.29, 0.717) is 22.2 Å². The lowest BCUT2D eigenvalue weighted by Gasteiger charge is -2.36. The predicted molar refractivity (Wildman–Crippen MR) is 87.5 cm³/mol. The van der Waals surface area contributed by atoms with Gasteiger partial charge in [-0.1, -0.05) is 32.4 Å². The van der Waals surface area contributed by atoms with E-state index in [1.165, 1.54) is 0 Å². The Labute approximate surface area is 132 Å². The summed E-state index contributed by atoms with van der Waals surface area (Å²) in [4.78, 5) is 16.5. The Balaban J connectivity index is 1.97. The van der Waals surface area contributed by atoms with Gasteiger partial charge in [-0.15, -0.1) is 0 Å². The fourth-order valence-corrected chi connectivity index (χ4v) is 3.37. The third-order valence-electron chi connectivity index (χ3n) is 4.68. The van der Waals surface area contributed by atoms with Crippen LogP contribution in [0.2, 0.25) is 5.15 Å². The second kappa shape index (κ2) is 6.35. The summed E-state index contributed by atoms with van der Waals surface area (Å²) in [6.07, 6.45) is 5.83. The highest BCUT2D eigenvalue weighted by Crippen LogP contribution is 2.40. The van der Waals surface area contributed by atoms with E-state index in [4.69, 9.17) is 11.6 Å². The zero-order valence-electron chi connectivity index (χ0n) is 13.4. The van der Waals surface area contributed by atoms with Crippen molar-refractivity contribution in [1.29, 1.82) is 0 Å². The summed E-state index contributed by atoms with van der Waals surface area (Å²) < 4.78 is 0. The van der Waals surface area contributed by atoms with Crippen LogP contribution in [0.3, 0.4) is 0 Å². The van der Waals surface area contributed by atoms with Gasteiger partial charge in [0.25, 0.3) is 0 Å². The zero-order chi connectivity index (χ0) is 15.6. The average Bonchev–Trinajstić information content (AvgIpc) is 2.42. The summed E-state index contributed by atoms with van der Waals surface area (Å²) in [5, 5.41) is 3.34. The molecule has 0 unspecified atom stereocenters. The first-order valence-corrected chi connectivity index (χ1v) is 8.09. The highest BCUT2D eigenvalue weighted by molar-refractivity contribution is 6.32. The van der Waals surface area contributed by atoms with E-state index in [1.54, 1.807) is 6.20 Å². The van der Waals surface area contributed by atoms with E-state index in [9.17, 15) is 4.79 Å². The Morgan fingerprint density at radius 1 is 1.29 bits per heavy atom. The van der Waals surface area contributed by atoms with E-state index in [1.807, 2.05) is 13.0 Å². The number of anilines is 1. The van der Waals surface area contributed by atoms with Gasteiger partial charge in [0, 0.05) is 12.1 Å². The van der Waals surface area contributed by atoms with Gasteiger partial charge in [-0.05, 0) is 55.6 Å². The lowest BCUT2D eigenvalue weighted by Crippen LogP contribution is -2.31. The average molecular weight is 309 g/mol. The SMILES string of the molecule is Cc1ccnc(Cl)c1NC(=O)C1CCC(C(C)(C)C)CC1. The van der Waals surface area contributed by atoms with Gasteiger partial charge in [-0.3, -0.25) is 4.79 Å². The van der Waals surface area contributed by atoms with Crippen LogP contribution in [0.5, 0.6) is 0 Å². The van der Waals surface area contributed by atoms with E-state index in [0.717, 1.165) is 31.2 Å². The number of halogens is 1. The number of carbonyl (C=O) groups excluding carboxylic acids is 1. The van der Waals surface area contributed by atoms with Crippen LogP contribution in [0, 0.1) is 24.2 Å². The summed E-state index contributed by atoms with van der Waals surface area (Å²) in [5.74, 6) is 0.893. The van der Waals surface area contributed by atoms with Crippen molar-refractivity contribution in [2.45, 2.75) is 53.4 Å². The molecule has 21 heavy (non-hydrogen) atoms. The van der Waals surface area contributed by atoms with Crippen LogP contribution in [0.15, 0.2) is 12.3 Å². The third-order valence-corrected chi connectivity index (χ3v) is 4.97. The standard InChI is InChI=1S/C17H25ClN2O/c1-11-9-10-19-15(18)14(11)20-16(21)12-5-7-13(8-6-12)17(2,3)4/h9-10,12-13H,5-8H2,1-4H3,(H,20,21). The van der Waals surface area contributed by atoms with Crippen molar-refractivity contribution in [3.8, 4) is 0 Å². The van der Waals surface area contributed by atoms with Gasteiger partial charge in [-0.25, -0.2) is 4.98 Å². The number of carbonyl (C=O) groups is 1. The summed E-state index contributed by atoms with van der Waals surface area (Å²) in [6, 6.07) is 1.86. The van der Waals surface area contributed by atoms with Crippen molar-refractivity contribution in [3.63, 3.8) is 0 Å². The molecular formula is C17H25ClN2O. The molecule has 0 radical (unpaired) electrons. The fraction of sp³-hybridized carbons (Fsp3) is 0.647. The van der Waals surface area contributed by atoms with Gasteiger partial charge in [0.05, 0.1) is 5.69 Å². The maximum absolute atomic E-state index is 12.4. The Kier molecular flexibility index (Phi) is 4.92. The number of nitrogens with one attached hydrogen (secondary N) is 1. The highest BCUT2D eigenvalue weighted by Gasteiger charge is 2.32. The Morgan fingerprint density at radius 2 is 1.90 bits per heavy atom. The van der Waals surface area contributed by atoms with Crippen LogP contribution in [0.25, 0.3) is 0 Å². The molecule has 0 aromatic carbocycles. The summed E-state index contributed by atoms with van der Waals surface area (Å²) in [5.41, 5.74) is 1.94. The number of pyridine rings is 1. The monoisotopic (exact) mass is 308 g/mol. The molecule has 2 rings (SSSR count). The first kappa shape index (κ1) is 16.3. The van der Waals surface area contributed by atoms with Crippen molar-refractivity contribution in [3.05, 3.63) is 23.0 Å². The van der Waals surface area contributed by atoms with Gasteiger partial charge in [0.15, 0.2) is 5.15 Å². The van der Waals surface area contributed by atoms with Crippen molar-refractivity contribution in [2.75, 3.05) is 5.32 Å². The maximum Gasteiger partial charge on any atom is 0.227 e. The quantitative estimate of drug-likeness (QED) is 0.795. The molecule has 1 aliphatic rings. The van der Waals surface area contributed by atoms with Crippen LogP contribution >= 0.6 is 11.6 Å². The smallest absolute Gasteiger partial charge is 0.227 e. The minimum absolute atomic E-state index is 0.0837. The minimum atomic E-state index is 0.0837. The second-order valence-electron chi connectivity index (χ2n) is 7.20. The molecule has 1 heterocycles. The molecule has 0 aliphatic heterocycles. The van der Waals surface area contributed by atoms with E-state index >= 15 is 0 Å². The van der Waals surface area contributed by atoms with E-state index in [-0.39, 0.29) is 11.8 Å².